The van der Waals surface area contributed by atoms with E-state index in [1.165, 1.54) is 4.31 Å². The van der Waals surface area contributed by atoms with Crippen molar-refractivity contribution in [2.45, 2.75) is 23.9 Å². The van der Waals surface area contributed by atoms with Crippen LogP contribution >= 0.6 is 0 Å². The van der Waals surface area contributed by atoms with Gasteiger partial charge in [-0.25, -0.2) is 8.42 Å². The van der Waals surface area contributed by atoms with Gasteiger partial charge in [0, 0.05) is 26.2 Å². The number of nitrogens with zero attached hydrogens (tertiary/aromatic N) is 2. The third-order valence-corrected chi connectivity index (χ3v) is 8.36. The highest BCUT2D eigenvalue weighted by atomic mass is 32.2. The Bertz CT molecular complexity index is 1170. The largest absolute Gasteiger partial charge is 0.497 e. The smallest absolute Gasteiger partial charge is 0.243 e. The summed E-state index contributed by atoms with van der Waals surface area (Å²) in [5.74, 6) is 0.520. The number of carbonyl (C=O) groups is 1. The van der Waals surface area contributed by atoms with Gasteiger partial charge in [0.2, 0.25) is 15.9 Å². The number of methoxy groups -OCH3 is 1. The number of hydrogen-bond donors (Lipinski definition) is 1. The van der Waals surface area contributed by atoms with E-state index in [9.17, 15) is 13.2 Å². The molecule has 1 fully saturated rings. The van der Waals surface area contributed by atoms with Gasteiger partial charge in [-0.3, -0.25) is 9.69 Å². The predicted octanol–water partition coefficient (Wildman–Crippen LogP) is 3.30. The number of nitrogens with one attached hydrogen (secondary N) is 1. The fraction of sp³-hybridized carbons (Fsp3) is 0.296. The Kier molecular flexibility index (Phi) is 7.85. The molecule has 0 aliphatic carbocycles. The lowest BCUT2D eigenvalue weighted by atomic mass is 9.98. The zero-order valence-electron chi connectivity index (χ0n) is 20.0. The van der Waals surface area contributed by atoms with E-state index in [2.05, 4.69) is 5.32 Å². The summed E-state index contributed by atoms with van der Waals surface area (Å²) in [7, 11) is -2.05. The van der Waals surface area contributed by atoms with Gasteiger partial charge in [-0.1, -0.05) is 60.7 Å². The molecule has 0 bridgehead atoms. The Morgan fingerprint density at radius 1 is 0.829 bits per heavy atom. The summed E-state index contributed by atoms with van der Waals surface area (Å²) in [6.07, 6.45) is 0. The molecule has 3 aromatic rings. The highest BCUT2D eigenvalue weighted by Gasteiger charge is 2.32. The monoisotopic (exact) mass is 493 g/mol. The van der Waals surface area contributed by atoms with E-state index < -0.39 is 16.1 Å². The zero-order valence-corrected chi connectivity index (χ0v) is 20.8. The Balaban J connectivity index is 1.41. The Labute approximate surface area is 207 Å². The lowest BCUT2D eigenvalue weighted by Gasteiger charge is -2.37. The molecule has 0 radical (unpaired) electrons. The first kappa shape index (κ1) is 24.9. The van der Waals surface area contributed by atoms with Crippen molar-refractivity contribution in [1.29, 1.82) is 0 Å². The van der Waals surface area contributed by atoms with Crippen molar-refractivity contribution in [1.82, 2.24) is 14.5 Å². The Morgan fingerprint density at radius 3 is 1.83 bits per heavy atom. The standard InChI is InChI=1S/C27H31N3O4S/c1-21(27(31)28-26(22-9-5-3-6-10-22)23-11-7-4-8-12-23)29-17-19-30(20-18-29)35(32,33)25-15-13-24(34-2)14-16-25/h3-16,21,26H,17-20H2,1-2H3,(H,28,31)/t21-/m0/s1. The quantitative estimate of drug-likeness (QED) is 0.521. The van der Waals surface area contributed by atoms with Gasteiger partial charge in [-0.2, -0.15) is 4.31 Å². The number of rotatable bonds is 8. The van der Waals surface area contributed by atoms with Crippen LogP contribution in [0.3, 0.4) is 0 Å². The van der Waals surface area contributed by atoms with Crippen molar-refractivity contribution in [2.24, 2.45) is 0 Å². The fourth-order valence-electron chi connectivity index (χ4n) is 4.31. The first-order valence-electron chi connectivity index (χ1n) is 11.7. The molecule has 1 saturated heterocycles. The molecule has 0 unspecified atom stereocenters. The summed E-state index contributed by atoms with van der Waals surface area (Å²) >= 11 is 0. The normalized spacial score (nSPS) is 16.1. The lowest BCUT2D eigenvalue weighted by molar-refractivity contribution is -0.126. The van der Waals surface area contributed by atoms with Gasteiger partial charge < -0.3 is 10.1 Å². The van der Waals surface area contributed by atoms with Crippen LogP contribution in [0.5, 0.6) is 5.75 Å². The van der Waals surface area contributed by atoms with E-state index >= 15 is 0 Å². The number of amides is 1. The van der Waals surface area contributed by atoms with E-state index in [0.717, 1.165) is 11.1 Å². The molecule has 1 aliphatic heterocycles. The summed E-state index contributed by atoms with van der Waals surface area (Å²) in [6, 6.07) is 25.5. The Morgan fingerprint density at radius 2 is 1.34 bits per heavy atom. The van der Waals surface area contributed by atoms with E-state index in [4.69, 9.17) is 4.74 Å². The van der Waals surface area contributed by atoms with Crippen molar-refractivity contribution in [3.05, 3.63) is 96.1 Å². The fourth-order valence-corrected chi connectivity index (χ4v) is 5.73. The third-order valence-electron chi connectivity index (χ3n) is 6.45. The molecule has 7 nitrogen and oxygen atoms in total. The minimum absolute atomic E-state index is 0.0887. The van der Waals surface area contributed by atoms with Crippen LogP contribution in [0.4, 0.5) is 0 Å². The number of sulfonamides is 1. The summed E-state index contributed by atoms with van der Waals surface area (Å²) in [5.41, 5.74) is 2.02. The summed E-state index contributed by atoms with van der Waals surface area (Å²) in [5, 5.41) is 3.20. The van der Waals surface area contributed by atoms with Gasteiger partial charge >= 0.3 is 0 Å². The summed E-state index contributed by atoms with van der Waals surface area (Å²) < 4.78 is 32.7. The molecule has 3 aromatic carbocycles. The molecule has 1 heterocycles. The van der Waals surface area contributed by atoms with Crippen LogP contribution in [-0.2, 0) is 14.8 Å². The van der Waals surface area contributed by atoms with Crippen LogP contribution in [0, 0.1) is 0 Å². The molecule has 8 heteroatoms. The van der Waals surface area contributed by atoms with Crippen molar-refractivity contribution >= 4 is 15.9 Å². The topological polar surface area (TPSA) is 79.0 Å². The average Bonchev–Trinajstić information content (AvgIpc) is 2.92. The molecule has 0 spiro atoms. The lowest BCUT2D eigenvalue weighted by Crippen LogP contribution is -2.55. The number of piperazine rings is 1. The van der Waals surface area contributed by atoms with Crippen LogP contribution in [0.15, 0.2) is 89.8 Å². The second-order valence-corrected chi connectivity index (χ2v) is 10.5. The number of hydrogen-bond acceptors (Lipinski definition) is 5. The van der Waals surface area contributed by atoms with Crippen LogP contribution in [0.25, 0.3) is 0 Å². The molecule has 184 valence electrons. The predicted molar refractivity (Wildman–Crippen MR) is 136 cm³/mol. The van der Waals surface area contributed by atoms with Crippen LogP contribution < -0.4 is 10.1 Å². The second kappa shape index (κ2) is 11.0. The van der Waals surface area contributed by atoms with E-state index in [1.807, 2.05) is 72.5 Å². The first-order chi connectivity index (χ1) is 16.9. The second-order valence-electron chi connectivity index (χ2n) is 8.55. The van der Waals surface area contributed by atoms with Crippen molar-refractivity contribution in [3.8, 4) is 5.75 Å². The molecular weight excluding hydrogens is 462 g/mol. The highest BCUT2D eigenvalue weighted by Crippen LogP contribution is 2.24. The maximum atomic E-state index is 13.3. The highest BCUT2D eigenvalue weighted by molar-refractivity contribution is 7.89. The minimum atomic E-state index is -3.60. The molecule has 1 atom stereocenters. The van der Waals surface area contributed by atoms with E-state index in [0.29, 0.717) is 31.9 Å². The zero-order chi connectivity index (χ0) is 24.8. The van der Waals surface area contributed by atoms with Gasteiger partial charge in [0.05, 0.1) is 24.1 Å². The molecule has 0 aromatic heterocycles. The molecule has 0 saturated carbocycles. The van der Waals surface area contributed by atoms with Crippen molar-refractivity contribution < 1.29 is 17.9 Å². The van der Waals surface area contributed by atoms with E-state index in [-0.39, 0.29) is 16.8 Å². The maximum absolute atomic E-state index is 13.3. The molecular formula is C27H31N3O4S. The summed E-state index contributed by atoms with van der Waals surface area (Å²) in [6.45, 7) is 3.48. The minimum Gasteiger partial charge on any atom is -0.497 e. The molecule has 4 rings (SSSR count). The van der Waals surface area contributed by atoms with Crippen molar-refractivity contribution in [3.63, 3.8) is 0 Å². The Hall–Kier alpha value is -3.20. The third kappa shape index (κ3) is 5.73. The van der Waals surface area contributed by atoms with Crippen LogP contribution in [0.2, 0.25) is 0 Å². The van der Waals surface area contributed by atoms with Gasteiger partial charge in [0.1, 0.15) is 5.75 Å². The average molecular weight is 494 g/mol. The van der Waals surface area contributed by atoms with Gasteiger partial charge in [-0.05, 0) is 42.3 Å². The number of benzene rings is 3. The molecule has 1 N–H and O–H groups in total. The SMILES string of the molecule is COc1ccc(S(=O)(=O)N2CCN([C@@H](C)C(=O)NC(c3ccccc3)c3ccccc3)CC2)cc1. The van der Waals surface area contributed by atoms with Gasteiger partial charge in [-0.15, -0.1) is 0 Å². The number of ether oxygens (including phenoxy) is 1. The van der Waals surface area contributed by atoms with Gasteiger partial charge in [0.25, 0.3) is 0 Å². The van der Waals surface area contributed by atoms with E-state index in [1.54, 1.807) is 31.4 Å². The van der Waals surface area contributed by atoms with Crippen LogP contribution in [-0.4, -0.2) is 62.9 Å². The first-order valence-corrected chi connectivity index (χ1v) is 13.1. The summed E-state index contributed by atoms with van der Waals surface area (Å²) in [4.78, 5) is 15.5. The molecule has 35 heavy (non-hydrogen) atoms. The maximum Gasteiger partial charge on any atom is 0.243 e. The van der Waals surface area contributed by atoms with Gasteiger partial charge in [0.15, 0.2) is 0 Å². The molecule has 1 aliphatic rings. The van der Waals surface area contributed by atoms with Crippen molar-refractivity contribution in [2.75, 3.05) is 33.3 Å². The van der Waals surface area contributed by atoms with Crippen LogP contribution in [0.1, 0.15) is 24.1 Å². The molecule has 1 amide bonds. The number of carbonyl (C=O) groups excluding carboxylic acids is 1.